The maximum absolute atomic E-state index is 15.4. The number of thioether (sulfide) groups is 1. The molecule has 3 aromatic rings. The van der Waals surface area contributed by atoms with Gasteiger partial charge in [0.15, 0.2) is 5.82 Å². The number of benzene rings is 3. The third-order valence-corrected chi connectivity index (χ3v) is 5.56. The van der Waals surface area contributed by atoms with Crippen molar-refractivity contribution in [2.45, 2.75) is 10.6 Å². The van der Waals surface area contributed by atoms with Gasteiger partial charge in [0.2, 0.25) is 0 Å². The van der Waals surface area contributed by atoms with Crippen molar-refractivity contribution in [3.8, 4) is 5.75 Å². The van der Waals surface area contributed by atoms with Crippen molar-refractivity contribution < 1.29 is 23.0 Å². The number of carbonyl (C=O) groups is 1. The molecule has 0 bridgehead atoms. The maximum Gasteiger partial charge on any atom is 0.340 e. The maximum atomic E-state index is 15.4. The summed E-state index contributed by atoms with van der Waals surface area (Å²) in [6.45, 7) is 3.45. The Labute approximate surface area is 183 Å². The molecule has 5 nitrogen and oxygen atoms in total. The number of hydrogen-bond acceptors (Lipinski definition) is 6. The molecule has 0 aromatic heterocycles. The fraction of sp³-hybridized carbons (Fsp3) is 0.130. The summed E-state index contributed by atoms with van der Waals surface area (Å²) in [6, 6.07) is 14.6. The van der Waals surface area contributed by atoms with E-state index in [1.54, 1.807) is 13.2 Å². The van der Waals surface area contributed by atoms with Gasteiger partial charge in [0.05, 0.1) is 31.2 Å². The van der Waals surface area contributed by atoms with E-state index in [-0.39, 0.29) is 22.6 Å². The average Bonchev–Trinajstić information content (AvgIpc) is 2.80. The van der Waals surface area contributed by atoms with E-state index in [2.05, 4.69) is 17.0 Å². The molecule has 0 aliphatic heterocycles. The standard InChI is InChI=1S/C23H20F2N2O3S/c1-26-22-19(31-13-14-8-10-15(29-2)11-9-14)12-16(23(28)30-3)21(20(22)25)27-18-7-5-4-6-17(18)24/h4-12,27H,1,13H2,2-3H3. The van der Waals surface area contributed by atoms with Gasteiger partial charge in [0.1, 0.15) is 17.3 Å². The predicted octanol–water partition coefficient (Wildman–Crippen LogP) is 6.13. The van der Waals surface area contributed by atoms with Crippen LogP contribution in [0.1, 0.15) is 15.9 Å². The molecule has 0 fully saturated rings. The highest BCUT2D eigenvalue weighted by Gasteiger charge is 2.23. The third kappa shape index (κ3) is 5.03. The molecular weight excluding hydrogens is 422 g/mol. The number of carbonyl (C=O) groups excluding carboxylic acids is 1. The van der Waals surface area contributed by atoms with Crippen molar-refractivity contribution in [1.29, 1.82) is 0 Å². The Kier molecular flexibility index (Phi) is 7.25. The van der Waals surface area contributed by atoms with Gasteiger partial charge in [-0.3, -0.25) is 4.99 Å². The molecule has 0 atom stereocenters. The Hall–Kier alpha value is -3.39. The fourth-order valence-corrected chi connectivity index (χ4v) is 3.85. The fourth-order valence-electron chi connectivity index (χ4n) is 2.85. The SMILES string of the molecule is C=Nc1c(SCc2ccc(OC)cc2)cc(C(=O)OC)c(Nc2ccccc2F)c1F. The molecule has 0 radical (unpaired) electrons. The first-order valence-electron chi connectivity index (χ1n) is 9.17. The Morgan fingerprint density at radius 3 is 2.45 bits per heavy atom. The number of hydrogen-bond donors (Lipinski definition) is 1. The normalized spacial score (nSPS) is 10.5. The Morgan fingerprint density at radius 2 is 1.84 bits per heavy atom. The van der Waals surface area contributed by atoms with Crippen LogP contribution in [0.2, 0.25) is 0 Å². The van der Waals surface area contributed by atoms with Crippen LogP contribution in [0.4, 0.5) is 25.8 Å². The minimum absolute atomic E-state index is 0.0141. The molecule has 0 aliphatic rings. The van der Waals surface area contributed by atoms with Crippen molar-refractivity contribution in [3.63, 3.8) is 0 Å². The van der Waals surface area contributed by atoms with Crippen LogP contribution in [-0.4, -0.2) is 26.9 Å². The van der Waals surface area contributed by atoms with Gasteiger partial charge in [0.25, 0.3) is 0 Å². The first-order chi connectivity index (χ1) is 15.0. The number of ether oxygens (including phenoxy) is 2. The van der Waals surface area contributed by atoms with Crippen LogP contribution >= 0.6 is 11.8 Å². The number of aliphatic imine (C=N–C) groups is 1. The highest BCUT2D eigenvalue weighted by Crippen LogP contribution is 2.41. The Morgan fingerprint density at radius 1 is 1.13 bits per heavy atom. The van der Waals surface area contributed by atoms with E-state index in [4.69, 9.17) is 9.47 Å². The number of halogens is 2. The van der Waals surface area contributed by atoms with E-state index in [0.717, 1.165) is 11.3 Å². The van der Waals surface area contributed by atoms with Gasteiger partial charge >= 0.3 is 5.97 Å². The zero-order chi connectivity index (χ0) is 22.4. The van der Waals surface area contributed by atoms with Gasteiger partial charge in [-0.2, -0.15) is 0 Å². The van der Waals surface area contributed by atoms with Crippen LogP contribution in [0.3, 0.4) is 0 Å². The lowest BCUT2D eigenvalue weighted by atomic mass is 10.1. The van der Waals surface area contributed by atoms with Crippen molar-refractivity contribution in [3.05, 3.63) is 77.4 Å². The zero-order valence-electron chi connectivity index (χ0n) is 16.9. The number of para-hydroxylation sites is 1. The van der Waals surface area contributed by atoms with Crippen molar-refractivity contribution in [2.24, 2.45) is 4.99 Å². The van der Waals surface area contributed by atoms with Gasteiger partial charge in [-0.1, -0.05) is 24.3 Å². The number of rotatable bonds is 8. The number of nitrogens with one attached hydrogen (secondary N) is 1. The summed E-state index contributed by atoms with van der Waals surface area (Å²) in [5.41, 5.74) is 0.639. The molecule has 3 aromatic carbocycles. The van der Waals surface area contributed by atoms with E-state index < -0.39 is 17.6 Å². The van der Waals surface area contributed by atoms with Crippen molar-refractivity contribution in [2.75, 3.05) is 19.5 Å². The second kappa shape index (κ2) is 10.1. The van der Waals surface area contributed by atoms with Crippen molar-refractivity contribution in [1.82, 2.24) is 0 Å². The lowest BCUT2D eigenvalue weighted by Gasteiger charge is -2.16. The lowest BCUT2D eigenvalue weighted by Crippen LogP contribution is -2.09. The second-order valence-corrected chi connectivity index (χ2v) is 7.37. The number of methoxy groups -OCH3 is 2. The van der Waals surface area contributed by atoms with Crippen molar-refractivity contribution >= 4 is 41.5 Å². The number of nitrogens with zero attached hydrogens (tertiary/aromatic N) is 1. The molecule has 0 amide bonds. The summed E-state index contributed by atoms with van der Waals surface area (Å²) < 4.78 is 39.4. The smallest absolute Gasteiger partial charge is 0.340 e. The van der Waals surface area contributed by atoms with E-state index in [1.165, 1.54) is 43.1 Å². The van der Waals surface area contributed by atoms with Gasteiger partial charge in [-0.25, -0.2) is 13.6 Å². The molecule has 8 heteroatoms. The highest BCUT2D eigenvalue weighted by atomic mass is 32.2. The topological polar surface area (TPSA) is 59.9 Å². The van der Waals surface area contributed by atoms with E-state index in [1.807, 2.05) is 24.3 Å². The van der Waals surface area contributed by atoms with E-state index in [9.17, 15) is 9.18 Å². The first-order valence-corrected chi connectivity index (χ1v) is 10.2. The minimum atomic E-state index is -0.821. The molecule has 0 heterocycles. The van der Waals surface area contributed by atoms with Gasteiger partial charge in [0, 0.05) is 10.6 Å². The molecule has 0 unspecified atom stereocenters. The largest absolute Gasteiger partial charge is 0.497 e. The molecule has 0 saturated heterocycles. The summed E-state index contributed by atoms with van der Waals surface area (Å²) in [5.74, 6) is -0.960. The summed E-state index contributed by atoms with van der Waals surface area (Å²) in [7, 11) is 2.77. The minimum Gasteiger partial charge on any atom is -0.497 e. The molecule has 31 heavy (non-hydrogen) atoms. The van der Waals surface area contributed by atoms with Crippen LogP contribution in [0.25, 0.3) is 0 Å². The van der Waals surface area contributed by atoms with Crippen LogP contribution in [-0.2, 0) is 10.5 Å². The highest BCUT2D eigenvalue weighted by molar-refractivity contribution is 7.98. The summed E-state index contributed by atoms with van der Waals surface area (Å²) >= 11 is 1.29. The lowest BCUT2D eigenvalue weighted by molar-refractivity contribution is 0.0601. The second-order valence-electron chi connectivity index (χ2n) is 6.35. The molecule has 0 saturated carbocycles. The summed E-state index contributed by atoms with van der Waals surface area (Å²) in [5, 5.41) is 2.65. The Bertz CT molecular complexity index is 1100. The molecule has 0 aliphatic carbocycles. The molecule has 160 valence electrons. The summed E-state index contributed by atoms with van der Waals surface area (Å²) in [6.07, 6.45) is 0. The quantitative estimate of drug-likeness (QED) is 0.258. The average molecular weight is 442 g/mol. The number of anilines is 2. The molecule has 3 rings (SSSR count). The first kappa shape index (κ1) is 22.3. The predicted molar refractivity (Wildman–Crippen MR) is 119 cm³/mol. The summed E-state index contributed by atoms with van der Waals surface area (Å²) in [4.78, 5) is 16.6. The van der Waals surface area contributed by atoms with E-state index >= 15 is 4.39 Å². The Balaban J connectivity index is 2.00. The van der Waals surface area contributed by atoms with E-state index in [0.29, 0.717) is 10.6 Å². The molecule has 0 spiro atoms. The zero-order valence-corrected chi connectivity index (χ0v) is 17.8. The molecular formula is C23H20F2N2O3S. The van der Waals surface area contributed by atoms with Crippen LogP contribution in [0.15, 0.2) is 64.5 Å². The van der Waals surface area contributed by atoms with Gasteiger partial charge < -0.3 is 14.8 Å². The van der Waals surface area contributed by atoms with Gasteiger partial charge in [-0.05, 0) is 42.6 Å². The van der Waals surface area contributed by atoms with Crippen LogP contribution in [0, 0.1) is 11.6 Å². The van der Waals surface area contributed by atoms with Crippen LogP contribution in [0.5, 0.6) is 5.75 Å². The number of esters is 1. The molecule has 1 N–H and O–H groups in total. The third-order valence-electron chi connectivity index (χ3n) is 4.46. The monoisotopic (exact) mass is 442 g/mol. The van der Waals surface area contributed by atoms with Crippen LogP contribution < -0.4 is 10.1 Å². The van der Waals surface area contributed by atoms with Gasteiger partial charge in [-0.15, -0.1) is 11.8 Å².